The summed E-state index contributed by atoms with van der Waals surface area (Å²) in [6, 6.07) is 14.0. The zero-order valence-electron chi connectivity index (χ0n) is 9.98. The zero-order chi connectivity index (χ0) is 13.0. The van der Waals surface area contributed by atoms with Crippen LogP contribution in [0.5, 0.6) is 5.75 Å². The molecule has 0 unspecified atom stereocenters. The Kier molecular flexibility index (Phi) is 3.59. The van der Waals surface area contributed by atoms with Crippen LogP contribution in [0.1, 0.15) is 5.56 Å². The number of rotatable bonds is 3. The van der Waals surface area contributed by atoms with E-state index in [4.69, 9.17) is 10.00 Å². The second-order valence-corrected chi connectivity index (χ2v) is 3.88. The van der Waals surface area contributed by atoms with Crippen molar-refractivity contribution >= 4 is 0 Å². The fourth-order valence-corrected chi connectivity index (χ4v) is 1.80. The quantitative estimate of drug-likeness (QED) is 0.823. The lowest BCUT2D eigenvalue weighted by atomic mass is 10.0. The molecule has 2 nitrogen and oxygen atoms in total. The molecule has 0 saturated heterocycles. The molecule has 0 heterocycles. The van der Waals surface area contributed by atoms with Gasteiger partial charge in [0, 0.05) is 5.56 Å². The molecule has 0 aliphatic carbocycles. The van der Waals surface area contributed by atoms with Gasteiger partial charge in [-0.05, 0) is 29.3 Å². The summed E-state index contributed by atoms with van der Waals surface area (Å²) in [5.41, 5.74) is 2.52. The minimum absolute atomic E-state index is 0.299. The van der Waals surface area contributed by atoms with Crippen molar-refractivity contribution in [2.24, 2.45) is 0 Å². The van der Waals surface area contributed by atoms with Gasteiger partial charge in [-0.15, -0.1) is 0 Å². The number of nitriles is 1. The van der Waals surface area contributed by atoms with Crippen LogP contribution in [0.4, 0.5) is 4.39 Å². The first-order valence-electron chi connectivity index (χ1n) is 5.54. The average molecular weight is 241 g/mol. The molecule has 2 rings (SSSR count). The Labute approximate surface area is 105 Å². The van der Waals surface area contributed by atoms with Crippen LogP contribution in [0.3, 0.4) is 0 Å². The maximum absolute atomic E-state index is 13.3. The van der Waals surface area contributed by atoms with E-state index in [2.05, 4.69) is 6.07 Å². The number of hydrogen-bond acceptors (Lipinski definition) is 2. The summed E-state index contributed by atoms with van der Waals surface area (Å²) in [6.45, 7) is 0. The lowest BCUT2D eigenvalue weighted by Crippen LogP contribution is -1.90. The van der Waals surface area contributed by atoms with Crippen molar-refractivity contribution in [2.45, 2.75) is 6.42 Å². The van der Waals surface area contributed by atoms with Gasteiger partial charge in [-0.25, -0.2) is 4.39 Å². The van der Waals surface area contributed by atoms with Gasteiger partial charge in [0.05, 0.1) is 19.6 Å². The first kappa shape index (κ1) is 12.1. The molecule has 0 aromatic heterocycles. The molecule has 0 bridgehead atoms. The maximum Gasteiger partial charge on any atom is 0.126 e. The van der Waals surface area contributed by atoms with Crippen molar-refractivity contribution in [2.75, 3.05) is 7.11 Å². The molecule has 3 heteroatoms. The molecule has 0 saturated carbocycles. The van der Waals surface area contributed by atoms with Crippen molar-refractivity contribution in [1.82, 2.24) is 0 Å². The molecule has 0 atom stereocenters. The van der Waals surface area contributed by atoms with Crippen molar-refractivity contribution in [3.63, 3.8) is 0 Å². The van der Waals surface area contributed by atoms with E-state index in [-0.39, 0.29) is 5.82 Å². The predicted octanol–water partition coefficient (Wildman–Crippen LogP) is 3.57. The number of nitrogens with zero attached hydrogens (tertiary/aromatic N) is 1. The molecule has 0 N–H and O–H groups in total. The third-order valence-corrected chi connectivity index (χ3v) is 2.71. The standard InChI is InChI=1S/C15H12FNO/c1-18-15-7-6-13(16)10-14(15)12-4-2-11(3-5-12)8-9-17/h2-7,10H,8H2,1H3. The fourth-order valence-electron chi connectivity index (χ4n) is 1.80. The van der Waals surface area contributed by atoms with Gasteiger partial charge in [0.15, 0.2) is 0 Å². The van der Waals surface area contributed by atoms with Gasteiger partial charge in [-0.2, -0.15) is 5.26 Å². The molecule has 2 aromatic rings. The van der Waals surface area contributed by atoms with E-state index in [1.54, 1.807) is 13.2 Å². The number of methoxy groups -OCH3 is 1. The Hall–Kier alpha value is -2.34. The number of ether oxygens (including phenoxy) is 1. The van der Waals surface area contributed by atoms with Crippen LogP contribution in [0.25, 0.3) is 11.1 Å². The van der Waals surface area contributed by atoms with Crippen molar-refractivity contribution in [3.8, 4) is 22.9 Å². The van der Waals surface area contributed by atoms with Gasteiger partial charge in [-0.1, -0.05) is 24.3 Å². The van der Waals surface area contributed by atoms with E-state index in [0.717, 1.165) is 11.1 Å². The molecular weight excluding hydrogens is 229 g/mol. The Morgan fingerprint density at radius 2 is 1.89 bits per heavy atom. The van der Waals surface area contributed by atoms with Crippen LogP contribution >= 0.6 is 0 Å². The first-order valence-corrected chi connectivity index (χ1v) is 5.54. The summed E-state index contributed by atoms with van der Waals surface area (Å²) in [5, 5.41) is 8.61. The molecule has 18 heavy (non-hydrogen) atoms. The summed E-state index contributed by atoms with van der Waals surface area (Å²) in [6.07, 6.45) is 0.376. The lowest BCUT2D eigenvalue weighted by molar-refractivity contribution is 0.415. The van der Waals surface area contributed by atoms with Gasteiger partial charge >= 0.3 is 0 Å². The van der Waals surface area contributed by atoms with Gasteiger partial charge < -0.3 is 4.74 Å². The molecule has 0 fully saturated rings. The highest BCUT2D eigenvalue weighted by molar-refractivity contribution is 5.70. The van der Waals surface area contributed by atoms with E-state index in [1.807, 2.05) is 24.3 Å². The molecular formula is C15H12FNO. The van der Waals surface area contributed by atoms with Crippen LogP contribution < -0.4 is 4.74 Å². The maximum atomic E-state index is 13.3. The van der Waals surface area contributed by atoms with Gasteiger partial charge in [0.25, 0.3) is 0 Å². The van der Waals surface area contributed by atoms with Gasteiger partial charge in [-0.3, -0.25) is 0 Å². The zero-order valence-corrected chi connectivity index (χ0v) is 9.98. The van der Waals surface area contributed by atoms with Crippen molar-refractivity contribution in [3.05, 3.63) is 53.8 Å². The van der Waals surface area contributed by atoms with Crippen LogP contribution in [0.2, 0.25) is 0 Å². The third kappa shape index (κ3) is 2.49. The van der Waals surface area contributed by atoms with Crippen LogP contribution in [-0.2, 0) is 6.42 Å². The molecule has 0 radical (unpaired) electrons. The number of benzene rings is 2. The number of halogens is 1. The van der Waals surface area contributed by atoms with Crippen LogP contribution in [0, 0.1) is 17.1 Å². The highest BCUT2D eigenvalue weighted by Crippen LogP contribution is 2.30. The van der Waals surface area contributed by atoms with Crippen LogP contribution in [0.15, 0.2) is 42.5 Å². The smallest absolute Gasteiger partial charge is 0.126 e. The highest BCUT2D eigenvalue weighted by Gasteiger charge is 2.07. The van der Waals surface area contributed by atoms with E-state index < -0.39 is 0 Å². The normalized spacial score (nSPS) is 9.83. The minimum Gasteiger partial charge on any atom is -0.496 e. The first-order chi connectivity index (χ1) is 8.74. The summed E-state index contributed by atoms with van der Waals surface area (Å²) in [7, 11) is 1.56. The topological polar surface area (TPSA) is 33.0 Å². The van der Waals surface area contributed by atoms with Gasteiger partial charge in [0.2, 0.25) is 0 Å². The Bertz CT molecular complexity index is 584. The summed E-state index contributed by atoms with van der Waals surface area (Å²) in [5.74, 6) is 0.330. The second kappa shape index (κ2) is 5.33. The largest absolute Gasteiger partial charge is 0.496 e. The monoisotopic (exact) mass is 241 g/mol. The summed E-state index contributed by atoms with van der Waals surface area (Å²) >= 11 is 0. The van der Waals surface area contributed by atoms with E-state index >= 15 is 0 Å². The molecule has 0 spiro atoms. The predicted molar refractivity (Wildman–Crippen MR) is 67.7 cm³/mol. The Balaban J connectivity index is 2.42. The number of hydrogen-bond donors (Lipinski definition) is 0. The highest BCUT2D eigenvalue weighted by atomic mass is 19.1. The van der Waals surface area contributed by atoms with E-state index in [1.165, 1.54) is 12.1 Å². The molecule has 0 aliphatic rings. The Morgan fingerprint density at radius 3 is 2.50 bits per heavy atom. The average Bonchev–Trinajstić information content (AvgIpc) is 2.40. The second-order valence-electron chi connectivity index (χ2n) is 3.88. The van der Waals surface area contributed by atoms with E-state index in [9.17, 15) is 4.39 Å². The molecule has 2 aromatic carbocycles. The lowest BCUT2D eigenvalue weighted by Gasteiger charge is -2.09. The molecule has 90 valence electrons. The summed E-state index contributed by atoms with van der Waals surface area (Å²) < 4.78 is 18.5. The van der Waals surface area contributed by atoms with Crippen LogP contribution in [-0.4, -0.2) is 7.11 Å². The van der Waals surface area contributed by atoms with Crippen molar-refractivity contribution in [1.29, 1.82) is 5.26 Å². The Morgan fingerprint density at radius 1 is 1.17 bits per heavy atom. The SMILES string of the molecule is COc1ccc(F)cc1-c1ccc(CC#N)cc1. The third-order valence-electron chi connectivity index (χ3n) is 2.71. The van der Waals surface area contributed by atoms with Gasteiger partial charge in [0.1, 0.15) is 11.6 Å². The molecule has 0 aliphatic heterocycles. The fraction of sp³-hybridized carbons (Fsp3) is 0.133. The van der Waals surface area contributed by atoms with Crippen molar-refractivity contribution < 1.29 is 9.13 Å². The molecule has 0 amide bonds. The minimum atomic E-state index is -0.299. The van der Waals surface area contributed by atoms with E-state index in [0.29, 0.717) is 17.7 Å². The summed E-state index contributed by atoms with van der Waals surface area (Å²) in [4.78, 5) is 0.